The molecule has 0 bridgehead atoms. The van der Waals surface area contributed by atoms with Gasteiger partial charge in [-0.25, -0.2) is 18.0 Å². The van der Waals surface area contributed by atoms with Crippen molar-refractivity contribution in [1.29, 1.82) is 0 Å². The summed E-state index contributed by atoms with van der Waals surface area (Å²) in [6, 6.07) is 7.73. The number of anilines is 1. The van der Waals surface area contributed by atoms with Crippen LogP contribution in [0, 0.1) is 0 Å². The summed E-state index contributed by atoms with van der Waals surface area (Å²) in [6.45, 7) is -0.554. The van der Waals surface area contributed by atoms with Gasteiger partial charge in [0.25, 0.3) is 0 Å². The van der Waals surface area contributed by atoms with Gasteiger partial charge in [-0.3, -0.25) is 4.79 Å². The molecule has 1 amide bonds. The topological polar surface area (TPSA) is 128 Å². The van der Waals surface area contributed by atoms with Crippen LogP contribution in [-0.4, -0.2) is 65.5 Å². The standard InChI is InChI=1S/C20H21ClN2O8S/c1-23(32(27,28)15-5-6-17(29-2)16(21)10-15)11-18(24)22-14-8-12(19(25)30-3)7-13(9-14)20(26)31-4/h5-10H,11H2,1-4H3,(H,22,24). The lowest BCUT2D eigenvalue weighted by Gasteiger charge is -2.18. The van der Waals surface area contributed by atoms with Gasteiger partial charge in [0, 0.05) is 12.7 Å². The SMILES string of the molecule is COC(=O)c1cc(NC(=O)CN(C)S(=O)(=O)c2ccc(OC)c(Cl)c2)cc(C(=O)OC)c1. The zero-order chi connectivity index (χ0) is 24.1. The molecule has 0 saturated heterocycles. The second-order valence-electron chi connectivity index (χ2n) is 6.39. The highest BCUT2D eigenvalue weighted by Crippen LogP contribution is 2.28. The molecule has 2 aromatic carbocycles. The molecule has 0 fully saturated rings. The monoisotopic (exact) mass is 484 g/mol. The van der Waals surface area contributed by atoms with Crippen LogP contribution in [0.1, 0.15) is 20.7 Å². The summed E-state index contributed by atoms with van der Waals surface area (Å²) < 4.78 is 40.6. The van der Waals surface area contributed by atoms with E-state index in [1.165, 1.54) is 50.6 Å². The maximum Gasteiger partial charge on any atom is 0.337 e. The molecular weight excluding hydrogens is 464 g/mol. The first kappa shape index (κ1) is 25.1. The molecule has 0 saturated carbocycles. The van der Waals surface area contributed by atoms with Crippen LogP contribution in [0.5, 0.6) is 5.75 Å². The number of ether oxygens (including phenoxy) is 3. The van der Waals surface area contributed by atoms with Gasteiger partial charge in [0.05, 0.1) is 48.9 Å². The van der Waals surface area contributed by atoms with E-state index >= 15 is 0 Å². The third-order valence-corrected chi connectivity index (χ3v) is 6.35. The van der Waals surface area contributed by atoms with Crippen LogP contribution in [0.3, 0.4) is 0 Å². The van der Waals surface area contributed by atoms with Crippen LogP contribution in [0.15, 0.2) is 41.3 Å². The Hall–Kier alpha value is -3.15. The highest BCUT2D eigenvalue weighted by Gasteiger charge is 2.24. The molecule has 1 N–H and O–H groups in total. The fraction of sp³-hybridized carbons (Fsp3) is 0.250. The first-order valence-electron chi connectivity index (χ1n) is 8.95. The van der Waals surface area contributed by atoms with Crippen molar-refractivity contribution < 1.29 is 37.0 Å². The van der Waals surface area contributed by atoms with Gasteiger partial charge in [-0.15, -0.1) is 0 Å². The Kier molecular flexibility index (Phi) is 8.19. The number of benzene rings is 2. The summed E-state index contributed by atoms with van der Waals surface area (Å²) in [4.78, 5) is 36.1. The molecule has 32 heavy (non-hydrogen) atoms. The van der Waals surface area contributed by atoms with Crippen LogP contribution in [0.4, 0.5) is 5.69 Å². The smallest absolute Gasteiger partial charge is 0.337 e. The van der Waals surface area contributed by atoms with Gasteiger partial charge < -0.3 is 19.5 Å². The summed E-state index contributed by atoms with van der Waals surface area (Å²) in [6.07, 6.45) is 0. The van der Waals surface area contributed by atoms with E-state index in [1.807, 2.05) is 0 Å². The van der Waals surface area contributed by atoms with Gasteiger partial charge in [0.1, 0.15) is 5.75 Å². The number of hydrogen-bond donors (Lipinski definition) is 1. The number of methoxy groups -OCH3 is 3. The maximum atomic E-state index is 12.8. The third kappa shape index (κ3) is 5.75. The van der Waals surface area contributed by atoms with E-state index in [2.05, 4.69) is 14.8 Å². The molecule has 0 aliphatic carbocycles. The van der Waals surface area contributed by atoms with Gasteiger partial charge in [-0.2, -0.15) is 4.31 Å². The van der Waals surface area contributed by atoms with Crippen LogP contribution in [0.2, 0.25) is 5.02 Å². The number of carbonyl (C=O) groups excluding carboxylic acids is 3. The lowest BCUT2D eigenvalue weighted by atomic mass is 10.1. The first-order valence-corrected chi connectivity index (χ1v) is 10.8. The zero-order valence-electron chi connectivity index (χ0n) is 17.7. The molecule has 0 unspecified atom stereocenters. The first-order chi connectivity index (χ1) is 15.0. The Bertz CT molecular complexity index is 1120. The normalized spacial score (nSPS) is 11.1. The van der Waals surface area contributed by atoms with Crippen molar-refractivity contribution in [3.05, 3.63) is 52.5 Å². The van der Waals surface area contributed by atoms with Gasteiger partial charge in [0.15, 0.2) is 0 Å². The molecular formula is C20H21ClN2O8S. The molecule has 172 valence electrons. The molecule has 0 spiro atoms. The number of carbonyl (C=O) groups is 3. The van der Waals surface area contributed by atoms with Crippen molar-refractivity contribution in [2.45, 2.75) is 4.90 Å². The van der Waals surface area contributed by atoms with Crippen molar-refractivity contribution in [1.82, 2.24) is 4.31 Å². The average molecular weight is 485 g/mol. The predicted molar refractivity (Wildman–Crippen MR) is 116 cm³/mol. The number of nitrogens with one attached hydrogen (secondary N) is 1. The summed E-state index contributed by atoms with van der Waals surface area (Å²) in [5.41, 5.74) is 0.0793. The Morgan fingerprint density at radius 2 is 1.53 bits per heavy atom. The number of sulfonamides is 1. The van der Waals surface area contributed by atoms with E-state index in [-0.39, 0.29) is 26.7 Å². The largest absolute Gasteiger partial charge is 0.495 e. The average Bonchev–Trinajstić information content (AvgIpc) is 2.77. The van der Waals surface area contributed by atoms with E-state index in [0.717, 1.165) is 18.5 Å². The van der Waals surface area contributed by atoms with E-state index < -0.39 is 34.4 Å². The Balaban J connectivity index is 2.23. The highest BCUT2D eigenvalue weighted by atomic mass is 35.5. The van der Waals surface area contributed by atoms with Crippen molar-refractivity contribution in [2.24, 2.45) is 0 Å². The van der Waals surface area contributed by atoms with Gasteiger partial charge in [-0.1, -0.05) is 11.6 Å². The zero-order valence-corrected chi connectivity index (χ0v) is 19.2. The number of nitrogens with zero attached hydrogens (tertiary/aromatic N) is 1. The molecule has 0 aliphatic heterocycles. The number of halogens is 1. The quantitative estimate of drug-likeness (QED) is 0.564. The Morgan fingerprint density at radius 3 is 2.00 bits per heavy atom. The van der Waals surface area contributed by atoms with Crippen molar-refractivity contribution in [2.75, 3.05) is 40.2 Å². The van der Waals surface area contributed by atoms with Gasteiger partial charge >= 0.3 is 11.9 Å². The van der Waals surface area contributed by atoms with Gasteiger partial charge in [-0.05, 0) is 36.4 Å². The third-order valence-electron chi connectivity index (χ3n) is 4.26. The summed E-state index contributed by atoms with van der Waals surface area (Å²) in [5, 5.41) is 2.56. The number of likely N-dealkylation sites (N-methyl/N-ethyl adjacent to an activating group) is 1. The van der Waals surface area contributed by atoms with Crippen LogP contribution >= 0.6 is 11.6 Å². The van der Waals surface area contributed by atoms with E-state index in [4.69, 9.17) is 16.3 Å². The molecule has 0 aromatic heterocycles. The van der Waals surface area contributed by atoms with Crippen molar-refractivity contribution in [3.63, 3.8) is 0 Å². The molecule has 0 atom stereocenters. The van der Waals surface area contributed by atoms with Crippen molar-refractivity contribution >= 4 is 45.2 Å². The van der Waals surface area contributed by atoms with Crippen LogP contribution in [-0.2, 0) is 24.3 Å². The molecule has 12 heteroatoms. The molecule has 10 nitrogen and oxygen atoms in total. The lowest BCUT2D eigenvalue weighted by Crippen LogP contribution is -2.35. The van der Waals surface area contributed by atoms with Crippen LogP contribution in [0.25, 0.3) is 0 Å². The maximum absolute atomic E-state index is 12.8. The molecule has 2 rings (SSSR count). The predicted octanol–water partition coefficient (Wildman–Crippen LogP) is 2.18. The summed E-state index contributed by atoms with van der Waals surface area (Å²) >= 11 is 6.00. The van der Waals surface area contributed by atoms with Crippen LogP contribution < -0.4 is 10.1 Å². The van der Waals surface area contributed by atoms with E-state index in [9.17, 15) is 22.8 Å². The van der Waals surface area contributed by atoms with E-state index in [0.29, 0.717) is 5.75 Å². The number of rotatable bonds is 8. The molecule has 0 heterocycles. The minimum Gasteiger partial charge on any atom is -0.495 e. The Morgan fingerprint density at radius 1 is 0.969 bits per heavy atom. The second-order valence-corrected chi connectivity index (χ2v) is 8.84. The van der Waals surface area contributed by atoms with E-state index in [1.54, 1.807) is 0 Å². The number of esters is 2. The lowest BCUT2D eigenvalue weighted by molar-refractivity contribution is -0.116. The fourth-order valence-electron chi connectivity index (χ4n) is 2.65. The summed E-state index contributed by atoms with van der Waals surface area (Å²) in [5.74, 6) is -1.88. The number of amides is 1. The number of hydrogen-bond acceptors (Lipinski definition) is 8. The molecule has 0 radical (unpaired) electrons. The highest BCUT2D eigenvalue weighted by molar-refractivity contribution is 7.89. The molecule has 0 aliphatic rings. The molecule has 2 aromatic rings. The second kappa shape index (κ2) is 10.4. The van der Waals surface area contributed by atoms with Gasteiger partial charge in [0.2, 0.25) is 15.9 Å². The Labute approximate surface area is 190 Å². The minimum absolute atomic E-state index is 0.000416. The van der Waals surface area contributed by atoms with Crippen molar-refractivity contribution in [3.8, 4) is 5.75 Å². The summed E-state index contributed by atoms with van der Waals surface area (Å²) in [7, 11) is 0.902. The fourth-order valence-corrected chi connectivity index (χ4v) is 4.12. The minimum atomic E-state index is -4.04.